The molecule has 5 rings (SSSR count). The molecule has 0 radical (unpaired) electrons. The van der Waals surface area contributed by atoms with Gasteiger partial charge in [0, 0.05) is 24.1 Å². The maximum absolute atomic E-state index is 11.5. The van der Waals surface area contributed by atoms with Crippen LogP contribution in [-0.2, 0) is 5.54 Å². The standard InChI is InChI=1S/C24H29N7O2S/c1-15-11-16(19-14-28-21(34-19)24(6-2-7-24)31-22(25)32)13-17(12-15)29-23-27-10-5-20(30-23)33-18-3-8-26-9-4-18/h5,10-14,18,26H,2-4,6-9H2,1H3,(H3,25,31,32)(H,27,29,30). The number of ether oxygens (including phenoxy) is 1. The maximum atomic E-state index is 11.5. The van der Waals surface area contributed by atoms with Gasteiger partial charge in [0.1, 0.15) is 11.1 Å². The van der Waals surface area contributed by atoms with Gasteiger partial charge in [0.2, 0.25) is 11.8 Å². The number of aromatic nitrogens is 3. The van der Waals surface area contributed by atoms with Crippen LogP contribution in [0.15, 0.2) is 36.7 Å². The van der Waals surface area contributed by atoms with E-state index in [1.807, 2.05) is 6.20 Å². The summed E-state index contributed by atoms with van der Waals surface area (Å²) in [5, 5.41) is 10.5. The topological polar surface area (TPSA) is 127 Å². The van der Waals surface area contributed by atoms with E-state index < -0.39 is 11.6 Å². The maximum Gasteiger partial charge on any atom is 0.312 e. The van der Waals surface area contributed by atoms with Crippen molar-refractivity contribution in [2.75, 3.05) is 18.4 Å². The third-order valence-corrected chi connectivity index (χ3v) is 7.56. The van der Waals surface area contributed by atoms with Crippen LogP contribution in [0, 0.1) is 6.92 Å². The molecule has 2 aromatic heterocycles. The number of nitrogens with zero attached hydrogens (tertiary/aromatic N) is 3. The highest BCUT2D eigenvalue weighted by Gasteiger charge is 2.42. The van der Waals surface area contributed by atoms with E-state index in [4.69, 9.17) is 10.5 Å². The lowest BCUT2D eigenvalue weighted by Gasteiger charge is -2.40. The molecular weight excluding hydrogens is 450 g/mol. The normalized spacial score (nSPS) is 17.6. The van der Waals surface area contributed by atoms with E-state index in [0.717, 1.165) is 71.9 Å². The van der Waals surface area contributed by atoms with E-state index >= 15 is 0 Å². The van der Waals surface area contributed by atoms with Gasteiger partial charge in [-0.15, -0.1) is 11.3 Å². The minimum atomic E-state index is -0.509. The van der Waals surface area contributed by atoms with Gasteiger partial charge in [-0.1, -0.05) is 6.07 Å². The van der Waals surface area contributed by atoms with E-state index in [1.54, 1.807) is 23.6 Å². The van der Waals surface area contributed by atoms with Crippen molar-refractivity contribution in [1.29, 1.82) is 0 Å². The molecule has 0 spiro atoms. The van der Waals surface area contributed by atoms with Crippen molar-refractivity contribution in [2.24, 2.45) is 5.73 Å². The second kappa shape index (κ2) is 9.55. The first kappa shape index (κ1) is 22.5. The zero-order valence-corrected chi connectivity index (χ0v) is 20.0. The molecule has 178 valence electrons. The van der Waals surface area contributed by atoms with Crippen LogP contribution in [0.4, 0.5) is 16.4 Å². The number of hydrogen-bond donors (Lipinski definition) is 4. The first-order valence-electron chi connectivity index (χ1n) is 11.6. The summed E-state index contributed by atoms with van der Waals surface area (Å²) in [5.74, 6) is 1.07. The van der Waals surface area contributed by atoms with Crippen LogP contribution in [0.5, 0.6) is 5.88 Å². The quantitative estimate of drug-likeness (QED) is 0.405. The Morgan fingerprint density at radius 2 is 2.06 bits per heavy atom. The minimum Gasteiger partial charge on any atom is -0.474 e. The largest absolute Gasteiger partial charge is 0.474 e. The summed E-state index contributed by atoms with van der Waals surface area (Å²) in [6.07, 6.45) is 8.47. The Morgan fingerprint density at radius 1 is 1.24 bits per heavy atom. The molecule has 0 atom stereocenters. The molecule has 5 N–H and O–H groups in total. The molecule has 34 heavy (non-hydrogen) atoms. The Hall–Kier alpha value is -3.24. The number of thiazole rings is 1. The summed E-state index contributed by atoms with van der Waals surface area (Å²) >= 11 is 1.59. The van der Waals surface area contributed by atoms with Crippen molar-refractivity contribution >= 4 is 29.0 Å². The predicted octanol–water partition coefficient (Wildman–Crippen LogP) is 3.83. The average Bonchev–Trinajstić information content (AvgIpc) is 3.27. The lowest BCUT2D eigenvalue weighted by Crippen LogP contribution is -2.52. The molecule has 1 aromatic carbocycles. The molecular formula is C24H29N7O2S. The number of nitrogens with one attached hydrogen (secondary N) is 3. The fourth-order valence-corrected chi connectivity index (χ4v) is 5.57. The van der Waals surface area contributed by atoms with E-state index in [-0.39, 0.29) is 6.10 Å². The van der Waals surface area contributed by atoms with Gasteiger partial charge in [0.25, 0.3) is 0 Å². The van der Waals surface area contributed by atoms with Gasteiger partial charge in [0.05, 0.1) is 10.4 Å². The Balaban J connectivity index is 1.33. The molecule has 2 aliphatic rings. The monoisotopic (exact) mass is 479 g/mol. The van der Waals surface area contributed by atoms with Crippen LogP contribution in [0.2, 0.25) is 0 Å². The summed E-state index contributed by atoms with van der Waals surface area (Å²) in [7, 11) is 0. The number of amides is 2. The molecule has 1 saturated carbocycles. The minimum absolute atomic E-state index is 0.179. The molecule has 1 saturated heterocycles. The van der Waals surface area contributed by atoms with Gasteiger partial charge in [0.15, 0.2) is 0 Å². The lowest BCUT2D eigenvalue weighted by atomic mass is 9.77. The zero-order valence-electron chi connectivity index (χ0n) is 19.1. The second-order valence-corrected chi connectivity index (χ2v) is 9.98. The lowest BCUT2D eigenvalue weighted by molar-refractivity contribution is 0.156. The summed E-state index contributed by atoms with van der Waals surface area (Å²) in [6.45, 7) is 3.98. The third kappa shape index (κ3) is 4.97. The van der Waals surface area contributed by atoms with Crippen LogP contribution in [-0.4, -0.2) is 40.2 Å². The number of benzene rings is 1. The van der Waals surface area contributed by atoms with E-state index in [0.29, 0.717) is 11.8 Å². The molecule has 3 aromatic rings. The second-order valence-electron chi connectivity index (χ2n) is 8.95. The molecule has 10 heteroatoms. The molecule has 0 bridgehead atoms. The van der Waals surface area contributed by atoms with Gasteiger partial charge >= 0.3 is 6.03 Å². The van der Waals surface area contributed by atoms with Crippen molar-refractivity contribution in [1.82, 2.24) is 25.6 Å². The summed E-state index contributed by atoms with van der Waals surface area (Å²) < 4.78 is 6.05. The highest BCUT2D eigenvalue weighted by atomic mass is 32.1. The number of primary amides is 1. The first-order valence-corrected chi connectivity index (χ1v) is 12.4. The molecule has 1 aliphatic heterocycles. The van der Waals surface area contributed by atoms with Gasteiger partial charge in [-0.25, -0.2) is 14.8 Å². The van der Waals surface area contributed by atoms with Gasteiger partial charge < -0.3 is 26.4 Å². The van der Waals surface area contributed by atoms with Crippen LogP contribution >= 0.6 is 11.3 Å². The van der Waals surface area contributed by atoms with Gasteiger partial charge in [-0.2, -0.15) is 4.98 Å². The number of urea groups is 1. The number of anilines is 2. The Bertz CT molecular complexity index is 1170. The van der Waals surface area contributed by atoms with Gasteiger partial charge in [-0.05, 0) is 75.4 Å². The van der Waals surface area contributed by atoms with Crippen LogP contribution in [0.1, 0.15) is 42.7 Å². The molecule has 9 nitrogen and oxygen atoms in total. The average molecular weight is 480 g/mol. The molecule has 2 amide bonds. The number of carbonyl (C=O) groups is 1. The van der Waals surface area contributed by atoms with E-state index in [9.17, 15) is 4.79 Å². The molecule has 0 unspecified atom stereocenters. The Morgan fingerprint density at radius 3 is 2.79 bits per heavy atom. The number of carbonyl (C=O) groups excluding carboxylic acids is 1. The number of aryl methyl sites for hydroxylation is 1. The molecule has 3 heterocycles. The number of hydrogen-bond acceptors (Lipinski definition) is 8. The van der Waals surface area contributed by atoms with Crippen molar-refractivity contribution < 1.29 is 9.53 Å². The van der Waals surface area contributed by atoms with E-state index in [2.05, 4.69) is 56.0 Å². The Labute approximate surface area is 202 Å². The van der Waals surface area contributed by atoms with Crippen molar-refractivity contribution in [3.8, 4) is 16.3 Å². The summed E-state index contributed by atoms with van der Waals surface area (Å²) in [6, 6.07) is 7.52. The molecule has 1 aliphatic carbocycles. The number of rotatable bonds is 7. The fourth-order valence-electron chi connectivity index (χ4n) is 4.47. The van der Waals surface area contributed by atoms with Crippen molar-refractivity contribution in [3.63, 3.8) is 0 Å². The van der Waals surface area contributed by atoms with E-state index in [1.165, 1.54) is 0 Å². The van der Waals surface area contributed by atoms with Crippen LogP contribution in [0.25, 0.3) is 10.4 Å². The third-order valence-electron chi connectivity index (χ3n) is 6.31. The predicted molar refractivity (Wildman–Crippen MR) is 132 cm³/mol. The zero-order chi connectivity index (χ0) is 23.5. The SMILES string of the molecule is Cc1cc(Nc2nccc(OC3CCNCC3)n2)cc(-c2cnc(C3(NC(N)=O)CCC3)s2)c1. The summed E-state index contributed by atoms with van der Waals surface area (Å²) in [5.41, 5.74) is 8.02. The highest BCUT2D eigenvalue weighted by Crippen LogP contribution is 2.44. The van der Waals surface area contributed by atoms with Crippen molar-refractivity contribution in [2.45, 2.75) is 50.7 Å². The molecule has 2 fully saturated rings. The van der Waals surface area contributed by atoms with Gasteiger partial charge in [-0.3, -0.25) is 0 Å². The van der Waals surface area contributed by atoms with Crippen molar-refractivity contribution in [3.05, 3.63) is 47.2 Å². The smallest absolute Gasteiger partial charge is 0.312 e. The highest BCUT2D eigenvalue weighted by molar-refractivity contribution is 7.15. The number of piperidine rings is 1. The summed E-state index contributed by atoms with van der Waals surface area (Å²) in [4.78, 5) is 26.1. The first-order chi connectivity index (χ1) is 16.5. The van der Waals surface area contributed by atoms with Crippen LogP contribution < -0.4 is 26.4 Å². The number of nitrogens with two attached hydrogens (primary N) is 1. The Kier molecular flexibility index (Phi) is 6.34. The van der Waals surface area contributed by atoms with Crippen LogP contribution in [0.3, 0.4) is 0 Å². The fraction of sp³-hybridized carbons (Fsp3) is 0.417.